The Morgan fingerprint density at radius 2 is 2.19 bits per heavy atom. The van der Waals surface area contributed by atoms with E-state index in [1.165, 1.54) is 17.0 Å². The number of amides is 1. The van der Waals surface area contributed by atoms with Gasteiger partial charge in [0.05, 0.1) is 0 Å². The second-order valence-corrected chi connectivity index (χ2v) is 3.91. The number of carbonyl (C=O) groups excluding carboxylic acids is 1. The maximum absolute atomic E-state index is 13.1. The molecule has 0 unspecified atom stereocenters. The van der Waals surface area contributed by atoms with Gasteiger partial charge in [0, 0.05) is 24.7 Å². The molecule has 0 radical (unpaired) electrons. The first-order valence-electron chi connectivity index (χ1n) is 5.33. The van der Waals surface area contributed by atoms with E-state index in [4.69, 9.17) is 5.73 Å². The molecule has 0 spiro atoms. The number of hydrogen-bond donors (Lipinski definition) is 1. The van der Waals surface area contributed by atoms with Gasteiger partial charge in [-0.25, -0.2) is 4.39 Å². The van der Waals surface area contributed by atoms with Gasteiger partial charge in [-0.3, -0.25) is 4.79 Å². The molecule has 4 heteroatoms. The van der Waals surface area contributed by atoms with Gasteiger partial charge in [0.25, 0.3) is 0 Å². The van der Waals surface area contributed by atoms with E-state index in [9.17, 15) is 9.18 Å². The summed E-state index contributed by atoms with van der Waals surface area (Å²) in [4.78, 5) is 13.4. The smallest absolute Gasteiger partial charge is 0.229 e. The molecule has 0 heterocycles. The summed E-state index contributed by atoms with van der Waals surface area (Å²) < 4.78 is 13.1. The molecular weight excluding hydrogens is 207 g/mol. The number of nitrogens with zero attached hydrogens (tertiary/aromatic N) is 1. The highest BCUT2D eigenvalue weighted by atomic mass is 19.1. The summed E-state index contributed by atoms with van der Waals surface area (Å²) in [5.74, 6) is -0.526. The van der Waals surface area contributed by atoms with Crippen LogP contribution in [0, 0.1) is 11.7 Å². The predicted molar refractivity (Wildman–Crippen MR) is 62.6 cm³/mol. The Hall–Kier alpha value is -1.42. The molecule has 0 aliphatic carbocycles. The summed E-state index contributed by atoms with van der Waals surface area (Å²) in [5.41, 5.74) is 6.01. The Morgan fingerprint density at radius 1 is 1.50 bits per heavy atom. The molecule has 1 aromatic rings. The van der Waals surface area contributed by atoms with Gasteiger partial charge < -0.3 is 10.6 Å². The lowest BCUT2D eigenvalue weighted by atomic mass is 10.1. The summed E-state index contributed by atoms with van der Waals surface area (Å²) in [7, 11) is 0. The van der Waals surface area contributed by atoms with Gasteiger partial charge in [0.15, 0.2) is 0 Å². The number of hydrogen-bond acceptors (Lipinski definition) is 2. The SMILES string of the molecule is CC(C)C(=O)N(CCN)c1cccc(F)c1. The van der Waals surface area contributed by atoms with E-state index in [1.807, 2.05) is 13.8 Å². The third-order valence-electron chi connectivity index (χ3n) is 2.23. The minimum atomic E-state index is -0.351. The van der Waals surface area contributed by atoms with E-state index in [1.54, 1.807) is 12.1 Å². The van der Waals surface area contributed by atoms with Gasteiger partial charge in [-0.05, 0) is 18.2 Å². The Bertz CT molecular complexity index is 366. The largest absolute Gasteiger partial charge is 0.329 e. The highest BCUT2D eigenvalue weighted by molar-refractivity contribution is 5.94. The van der Waals surface area contributed by atoms with Crippen molar-refractivity contribution in [3.05, 3.63) is 30.1 Å². The van der Waals surface area contributed by atoms with Crippen LogP contribution in [0.1, 0.15) is 13.8 Å². The molecule has 88 valence electrons. The molecule has 1 rings (SSSR count). The molecule has 0 fully saturated rings. The zero-order valence-corrected chi connectivity index (χ0v) is 9.61. The van der Waals surface area contributed by atoms with Crippen molar-refractivity contribution in [2.75, 3.05) is 18.0 Å². The maximum atomic E-state index is 13.1. The summed E-state index contributed by atoms with van der Waals surface area (Å²) in [6.45, 7) is 4.38. The van der Waals surface area contributed by atoms with Crippen LogP contribution in [-0.2, 0) is 4.79 Å². The highest BCUT2D eigenvalue weighted by Gasteiger charge is 2.18. The topological polar surface area (TPSA) is 46.3 Å². The summed E-state index contributed by atoms with van der Waals surface area (Å²) >= 11 is 0. The van der Waals surface area contributed by atoms with Crippen molar-refractivity contribution < 1.29 is 9.18 Å². The van der Waals surface area contributed by atoms with Crippen molar-refractivity contribution in [2.45, 2.75) is 13.8 Å². The summed E-state index contributed by atoms with van der Waals surface area (Å²) in [6, 6.07) is 5.99. The molecule has 0 saturated heterocycles. The standard InChI is InChI=1S/C12H17FN2O/c1-9(2)12(16)15(7-6-14)11-5-3-4-10(13)8-11/h3-5,8-9H,6-7,14H2,1-2H3. The van der Waals surface area contributed by atoms with Crippen LogP contribution in [0.5, 0.6) is 0 Å². The van der Waals surface area contributed by atoms with Crippen molar-refractivity contribution in [2.24, 2.45) is 11.7 Å². The molecule has 1 amide bonds. The van der Waals surface area contributed by atoms with Gasteiger partial charge in [0.2, 0.25) is 5.91 Å². The van der Waals surface area contributed by atoms with Crippen molar-refractivity contribution >= 4 is 11.6 Å². The van der Waals surface area contributed by atoms with Crippen molar-refractivity contribution in [1.29, 1.82) is 0 Å². The summed E-state index contributed by atoms with van der Waals surface area (Å²) in [6.07, 6.45) is 0. The monoisotopic (exact) mass is 224 g/mol. The molecule has 0 atom stereocenters. The van der Waals surface area contributed by atoms with E-state index in [0.29, 0.717) is 18.8 Å². The summed E-state index contributed by atoms with van der Waals surface area (Å²) in [5, 5.41) is 0. The predicted octanol–water partition coefficient (Wildman–Crippen LogP) is 1.77. The maximum Gasteiger partial charge on any atom is 0.229 e. The van der Waals surface area contributed by atoms with Crippen LogP contribution >= 0.6 is 0 Å². The number of benzene rings is 1. The fourth-order valence-corrected chi connectivity index (χ4v) is 1.45. The van der Waals surface area contributed by atoms with Gasteiger partial charge in [-0.1, -0.05) is 19.9 Å². The molecule has 2 N–H and O–H groups in total. The van der Waals surface area contributed by atoms with Crippen molar-refractivity contribution in [1.82, 2.24) is 0 Å². The Balaban J connectivity index is 2.97. The molecule has 3 nitrogen and oxygen atoms in total. The number of nitrogens with two attached hydrogens (primary N) is 1. The zero-order valence-electron chi connectivity index (χ0n) is 9.61. The molecular formula is C12H17FN2O. The highest BCUT2D eigenvalue weighted by Crippen LogP contribution is 2.17. The Labute approximate surface area is 95.0 Å². The van der Waals surface area contributed by atoms with Crippen LogP contribution in [0.4, 0.5) is 10.1 Å². The van der Waals surface area contributed by atoms with Gasteiger partial charge in [-0.2, -0.15) is 0 Å². The van der Waals surface area contributed by atoms with Gasteiger partial charge >= 0.3 is 0 Å². The van der Waals surface area contributed by atoms with Gasteiger partial charge in [0.1, 0.15) is 5.82 Å². The van der Waals surface area contributed by atoms with E-state index in [0.717, 1.165) is 0 Å². The number of rotatable bonds is 4. The van der Waals surface area contributed by atoms with E-state index >= 15 is 0 Å². The van der Waals surface area contributed by atoms with E-state index in [2.05, 4.69) is 0 Å². The fourth-order valence-electron chi connectivity index (χ4n) is 1.45. The molecule has 0 bridgehead atoms. The minimum Gasteiger partial charge on any atom is -0.329 e. The molecule has 16 heavy (non-hydrogen) atoms. The first-order valence-corrected chi connectivity index (χ1v) is 5.33. The zero-order chi connectivity index (χ0) is 12.1. The van der Waals surface area contributed by atoms with Crippen LogP contribution in [0.25, 0.3) is 0 Å². The average Bonchev–Trinajstić information content (AvgIpc) is 2.24. The number of anilines is 1. The van der Waals surface area contributed by atoms with Crippen LogP contribution in [-0.4, -0.2) is 19.0 Å². The third-order valence-corrected chi connectivity index (χ3v) is 2.23. The minimum absolute atomic E-state index is 0.0453. The first-order chi connectivity index (χ1) is 7.56. The average molecular weight is 224 g/mol. The second-order valence-electron chi connectivity index (χ2n) is 3.91. The van der Waals surface area contributed by atoms with Crippen LogP contribution in [0.2, 0.25) is 0 Å². The Morgan fingerprint density at radius 3 is 2.69 bits per heavy atom. The third kappa shape index (κ3) is 3.03. The lowest BCUT2D eigenvalue weighted by Crippen LogP contribution is -2.38. The molecule has 0 aromatic heterocycles. The van der Waals surface area contributed by atoms with E-state index < -0.39 is 0 Å². The Kier molecular flexibility index (Phi) is 4.43. The normalized spacial score (nSPS) is 10.6. The lowest BCUT2D eigenvalue weighted by molar-refractivity contribution is -0.121. The molecule has 0 aliphatic heterocycles. The molecule has 1 aromatic carbocycles. The van der Waals surface area contributed by atoms with E-state index in [-0.39, 0.29) is 17.6 Å². The number of carbonyl (C=O) groups is 1. The van der Waals surface area contributed by atoms with Crippen LogP contribution in [0.15, 0.2) is 24.3 Å². The van der Waals surface area contributed by atoms with Crippen molar-refractivity contribution in [3.8, 4) is 0 Å². The van der Waals surface area contributed by atoms with Crippen LogP contribution in [0.3, 0.4) is 0 Å². The first kappa shape index (κ1) is 12.6. The number of halogens is 1. The molecule has 0 saturated carbocycles. The van der Waals surface area contributed by atoms with Crippen LogP contribution < -0.4 is 10.6 Å². The lowest BCUT2D eigenvalue weighted by Gasteiger charge is -2.24. The molecule has 0 aliphatic rings. The quantitative estimate of drug-likeness (QED) is 0.847. The second kappa shape index (κ2) is 5.61. The fraction of sp³-hybridized carbons (Fsp3) is 0.417. The van der Waals surface area contributed by atoms with Gasteiger partial charge in [-0.15, -0.1) is 0 Å². The van der Waals surface area contributed by atoms with Crippen molar-refractivity contribution in [3.63, 3.8) is 0 Å².